The molecule has 0 N–H and O–H groups in total. The number of hydrogen-bond acceptors (Lipinski definition) is 8. The number of carbonyl (C=O) groups excluding carboxylic acids is 4. The van der Waals surface area contributed by atoms with Crippen LogP contribution in [0.4, 0.5) is 22.7 Å². The van der Waals surface area contributed by atoms with Crippen molar-refractivity contribution in [1.82, 2.24) is 28.7 Å². The molecule has 16 heteroatoms. The molecular weight excluding hydrogens is 1280 g/mol. The van der Waals surface area contributed by atoms with Gasteiger partial charge in [0.2, 0.25) is 11.8 Å². The zero-order chi connectivity index (χ0) is 70.4. The minimum absolute atomic E-state index is 0.0128. The number of benzene rings is 6. The number of amides is 4. The molecule has 4 aromatic heterocycles. The molecule has 0 radical (unpaired) electrons. The SMILES string of the molecule is CCCOc1ccc(C(=O)N2Cc3cnn(C)c3Cc3ccccc32)cc1.CCCOc1cccc(C(=O)N2Cc3cnn(C)c3Cc3ccccc32)c1.Cn1ccc2c1Cc1ccccc1N(C(=O)C13C4C5C6C4C1C6C53)C2.Cn1ccc2c1Cc1ccccc1N(C(=O)C1CCCCCC1)C2. The minimum atomic E-state index is -0.0268. The highest BCUT2D eigenvalue weighted by molar-refractivity contribution is 6.08. The molecule has 7 fully saturated rings. The highest BCUT2D eigenvalue weighted by Gasteiger charge is 3.06. The van der Waals surface area contributed by atoms with Gasteiger partial charge in [-0.2, -0.15) is 10.2 Å². The Hall–Kier alpha value is -10.2. The van der Waals surface area contributed by atoms with Crippen molar-refractivity contribution in [2.24, 2.45) is 80.9 Å². The van der Waals surface area contributed by atoms with Gasteiger partial charge in [0.25, 0.3) is 11.8 Å². The van der Waals surface area contributed by atoms with Crippen LogP contribution in [0, 0.1) is 52.8 Å². The molecule has 7 aliphatic carbocycles. The Bertz CT molecular complexity index is 4860. The van der Waals surface area contributed by atoms with Gasteiger partial charge in [-0.05, 0) is 179 Å². The van der Waals surface area contributed by atoms with E-state index in [-0.39, 0.29) is 23.1 Å². The van der Waals surface area contributed by atoms with Crippen LogP contribution in [0.15, 0.2) is 183 Å². The van der Waals surface area contributed by atoms with E-state index < -0.39 is 0 Å². The average molecular weight is 1370 g/mol. The Balaban J connectivity index is 0.000000102. The number of para-hydroxylation sites is 4. The quantitative estimate of drug-likeness (QED) is 0.123. The maximum Gasteiger partial charge on any atom is 0.258 e. The summed E-state index contributed by atoms with van der Waals surface area (Å²) >= 11 is 0. The highest BCUT2D eigenvalue weighted by atomic mass is 16.5. The number of rotatable bonds is 10. The first-order valence-corrected chi connectivity index (χ1v) is 37.6. The van der Waals surface area contributed by atoms with Crippen LogP contribution in [-0.2, 0) is 89.6 Å². The van der Waals surface area contributed by atoms with Gasteiger partial charge in [0.05, 0.1) is 57.2 Å². The smallest absolute Gasteiger partial charge is 0.258 e. The van der Waals surface area contributed by atoms with E-state index in [1.807, 2.05) is 131 Å². The molecule has 103 heavy (non-hydrogen) atoms. The Morgan fingerprint density at radius 3 is 1.34 bits per heavy atom. The fourth-order valence-electron chi connectivity index (χ4n) is 19.9. The van der Waals surface area contributed by atoms with E-state index in [4.69, 9.17) is 9.47 Å². The topological polar surface area (TPSA) is 145 Å². The van der Waals surface area contributed by atoms with Gasteiger partial charge in [-0.3, -0.25) is 28.5 Å². The minimum Gasteiger partial charge on any atom is -0.494 e. The van der Waals surface area contributed by atoms with Gasteiger partial charge in [-0.15, -0.1) is 0 Å². The van der Waals surface area contributed by atoms with Crippen LogP contribution in [0.2, 0.25) is 0 Å². The van der Waals surface area contributed by atoms with Crippen molar-refractivity contribution in [3.8, 4) is 11.5 Å². The lowest BCUT2D eigenvalue weighted by atomic mass is 8.96. The third kappa shape index (κ3) is 11.0. The second-order valence-electron chi connectivity index (χ2n) is 30.4. The molecule has 4 amide bonds. The predicted octanol–water partition coefficient (Wildman–Crippen LogP) is 15.2. The molecule has 11 aliphatic rings. The summed E-state index contributed by atoms with van der Waals surface area (Å²) in [7, 11) is 8.13. The molecular formula is C87H92N10O6. The summed E-state index contributed by atoms with van der Waals surface area (Å²) in [5, 5.41) is 8.77. The molecule has 0 atom stereocenters. The first kappa shape index (κ1) is 66.0. The molecule has 7 saturated carbocycles. The van der Waals surface area contributed by atoms with Crippen LogP contribution in [0.3, 0.4) is 0 Å². The molecule has 0 unspecified atom stereocenters. The molecule has 10 aromatic rings. The second-order valence-corrected chi connectivity index (χ2v) is 30.4. The molecule has 6 aromatic carbocycles. The van der Waals surface area contributed by atoms with Crippen LogP contribution >= 0.6 is 0 Å². The van der Waals surface area contributed by atoms with Gasteiger partial charge in [-0.1, -0.05) is 118 Å². The van der Waals surface area contributed by atoms with Gasteiger partial charge in [0.1, 0.15) is 11.5 Å². The summed E-state index contributed by atoms with van der Waals surface area (Å²) in [6.45, 7) is 7.95. The van der Waals surface area contributed by atoms with Crippen LogP contribution < -0.4 is 29.1 Å². The summed E-state index contributed by atoms with van der Waals surface area (Å²) in [6, 6.07) is 52.4. The van der Waals surface area contributed by atoms with Crippen molar-refractivity contribution in [3.63, 3.8) is 0 Å². The highest BCUT2D eigenvalue weighted by Crippen LogP contribution is 3.06. The maximum atomic E-state index is 13.8. The van der Waals surface area contributed by atoms with Crippen molar-refractivity contribution >= 4 is 46.4 Å². The lowest BCUT2D eigenvalue weighted by molar-refractivity contribution is -0.595. The number of nitrogens with zero attached hydrogens (tertiary/aromatic N) is 10. The monoisotopic (exact) mass is 1370 g/mol. The molecule has 21 rings (SSSR count). The van der Waals surface area contributed by atoms with Crippen molar-refractivity contribution in [1.29, 1.82) is 0 Å². The van der Waals surface area contributed by atoms with Crippen molar-refractivity contribution in [2.75, 3.05) is 32.8 Å². The third-order valence-electron chi connectivity index (χ3n) is 24.9. The van der Waals surface area contributed by atoms with E-state index in [2.05, 4.69) is 142 Å². The third-order valence-corrected chi connectivity index (χ3v) is 24.9. The molecule has 8 heterocycles. The molecule has 526 valence electrons. The fourth-order valence-corrected chi connectivity index (χ4v) is 19.9. The van der Waals surface area contributed by atoms with Crippen molar-refractivity contribution in [2.45, 2.75) is 117 Å². The van der Waals surface area contributed by atoms with E-state index in [9.17, 15) is 19.2 Å². The van der Waals surface area contributed by atoms with Gasteiger partial charge in [0.15, 0.2) is 0 Å². The summed E-state index contributed by atoms with van der Waals surface area (Å²) in [4.78, 5) is 61.8. The first-order chi connectivity index (χ1) is 50.3. The standard InChI is InChI=1S/2C22H23N3O2.C22H20N2O.C21H26N2O/c1-3-11-27-19-9-6-8-17(12-19)22(26)25-15-18-14-23-24(2)21(18)13-16-7-4-5-10-20(16)25;1-3-12-27-19-10-8-16(9-11-19)22(26)25-15-18-14-23-24(2)21(18)13-17-6-4-5-7-20(17)25;1-23-7-6-11-9-24(12-5-3-2-4-10(12)8-13(11)23)21(25)22-18-15-14-16(18)20(22)17(14)19(15)22;1-22-13-12-18-15-23(21(24)16-8-4-2-3-5-9-16)19-11-7-6-10-17(19)14-20(18)22/h4-10,12,14H,3,11,13,15H2,1-2H3;4-11,14H,3,12-13,15H2,1-2H3;2-7,14-20H,8-9H2,1H3;6-7,10-13,16H,2-5,8-9,14-15H2,1H3. The van der Waals surface area contributed by atoms with Gasteiger partial charge >= 0.3 is 0 Å². The summed E-state index contributed by atoms with van der Waals surface area (Å²) in [6.07, 6.45) is 20.3. The number of fused-ring (bicyclic) bond motifs is 8. The molecule has 0 saturated heterocycles. The zero-order valence-corrected chi connectivity index (χ0v) is 60.1. The Kier molecular flexibility index (Phi) is 17.2. The zero-order valence-electron chi connectivity index (χ0n) is 60.1. The lowest BCUT2D eigenvalue weighted by Crippen LogP contribution is -3.07. The normalized spacial score (nSPS) is 22.6. The van der Waals surface area contributed by atoms with Crippen LogP contribution in [0.25, 0.3) is 0 Å². The van der Waals surface area contributed by atoms with Crippen LogP contribution in [0.5, 0.6) is 11.5 Å². The molecule has 0 spiro atoms. The van der Waals surface area contributed by atoms with E-state index in [0.29, 0.717) is 55.8 Å². The largest absolute Gasteiger partial charge is 0.494 e. The number of ether oxygens (including phenoxy) is 2. The molecule has 16 nitrogen and oxygen atoms in total. The van der Waals surface area contributed by atoms with E-state index in [0.717, 1.165) is 167 Å². The van der Waals surface area contributed by atoms with Crippen molar-refractivity contribution < 1.29 is 28.7 Å². The number of aryl methyl sites for hydroxylation is 4. The number of hydrogen-bond donors (Lipinski definition) is 0. The summed E-state index contributed by atoms with van der Waals surface area (Å²) in [5.41, 5.74) is 20.2. The van der Waals surface area contributed by atoms with Crippen LogP contribution in [0.1, 0.15) is 153 Å². The number of aromatic nitrogens is 6. The van der Waals surface area contributed by atoms with Gasteiger partial charge in [-0.25, -0.2) is 0 Å². The summed E-state index contributed by atoms with van der Waals surface area (Å²) in [5.74, 6) is 8.74. The molecule has 4 aliphatic heterocycles. The van der Waals surface area contributed by atoms with Gasteiger partial charge < -0.3 is 38.2 Å². The van der Waals surface area contributed by atoms with Gasteiger partial charge in [0, 0.05) is 140 Å². The van der Waals surface area contributed by atoms with E-state index >= 15 is 0 Å². The number of anilines is 4. The lowest BCUT2D eigenvalue weighted by Gasteiger charge is -3.06. The predicted molar refractivity (Wildman–Crippen MR) is 400 cm³/mol. The average Bonchev–Trinajstić information content (AvgIpc) is 1.10. The Morgan fingerprint density at radius 1 is 0.417 bits per heavy atom. The fraction of sp³-hybridized carbons (Fsp3) is 0.379. The number of carbonyl (C=O) groups is 4. The Morgan fingerprint density at radius 2 is 0.845 bits per heavy atom. The Labute approximate surface area is 603 Å². The maximum absolute atomic E-state index is 13.8. The van der Waals surface area contributed by atoms with Crippen LogP contribution in [-0.4, -0.2) is 65.5 Å². The van der Waals surface area contributed by atoms with Crippen molar-refractivity contribution in [3.05, 3.63) is 261 Å². The molecule has 0 bridgehead atoms. The second kappa shape index (κ2) is 26.9. The summed E-state index contributed by atoms with van der Waals surface area (Å²) < 4.78 is 19.6. The first-order valence-electron chi connectivity index (χ1n) is 37.6. The van der Waals surface area contributed by atoms with E-state index in [1.165, 1.54) is 59.3 Å². The van der Waals surface area contributed by atoms with E-state index in [1.54, 1.807) is 0 Å².